The van der Waals surface area contributed by atoms with Crippen molar-refractivity contribution < 1.29 is 0 Å². The zero-order valence-corrected chi connectivity index (χ0v) is 12.9. The maximum Gasteiger partial charge on any atom is 0.197 e. The van der Waals surface area contributed by atoms with Crippen LogP contribution in [0.15, 0.2) is 24.5 Å². The first-order valence-corrected chi connectivity index (χ1v) is 4.61. The van der Waals surface area contributed by atoms with Crippen molar-refractivity contribution in [3.63, 3.8) is 0 Å². The predicted molar refractivity (Wildman–Crippen MR) is 66.3 cm³/mol. The van der Waals surface area contributed by atoms with E-state index in [1.165, 1.54) is 0 Å². The molecule has 0 saturated carbocycles. The van der Waals surface area contributed by atoms with Gasteiger partial charge in [0.15, 0.2) is 5.95 Å². The molecule has 79 valence electrons. The van der Waals surface area contributed by atoms with E-state index in [1.807, 2.05) is 31.1 Å². The van der Waals surface area contributed by atoms with Crippen molar-refractivity contribution in [3.05, 3.63) is 24.5 Å². The molecule has 6 heteroatoms. The first-order chi connectivity index (χ1) is 7.16. The van der Waals surface area contributed by atoms with Crippen LogP contribution in [-0.2, 0) is 0 Å². The van der Waals surface area contributed by atoms with Crippen LogP contribution in [0.25, 0.3) is 11.3 Å². The second-order valence-electron chi connectivity index (χ2n) is 3.48. The summed E-state index contributed by atoms with van der Waals surface area (Å²) in [6, 6.07) is 3.90. The molecule has 0 aliphatic carbocycles. The number of pyridine rings is 1. The summed E-state index contributed by atoms with van der Waals surface area (Å²) in [4.78, 5) is 13.1. The SMILES string of the molecule is CN(C)c1cc(-c2cnc(N)[nH]2)ccn1.[K]. The number of aromatic nitrogens is 3. The van der Waals surface area contributed by atoms with E-state index in [4.69, 9.17) is 5.73 Å². The molecule has 3 N–H and O–H groups in total. The van der Waals surface area contributed by atoms with E-state index in [0.717, 1.165) is 17.1 Å². The van der Waals surface area contributed by atoms with Crippen LogP contribution in [0.1, 0.15) is 0 Å². The molecule has 2 rings (SSSR count). The average molecular weight is 242 g/mol. The Morgan fingerprint density at radius 2 is 2.06 bits per heavy atom. The number of hydrogen-bond donors (Lipinski definition) is 2. The number of imidazole rings is 1. The standard InChI is InChI=1S/C10H13N5.K/c1-15(2)9-5-7(3-4-12-9)8-6-13-10(11)14-8;/h3-6H,1-2H3,(H3,11,13,14);. The Kier molecular flexibility index (Phi) is 4.94. The fourth-order valence-corrected chi connectivity index (χ4v) is 1.31. The minimum absolute atomic E-state index is 0. The number of nitrogens with one attached hydrogen (secondary N) is 1. The molecule has 2 aromatic heterocycles. The van der Waals surface area contributed by atoms with Gasteiger partial charge in [0.2, 0.25) is 0 Å². The smallest absolute Gasteiger partial charge is 0.197 e. The van der Waals surface area contributed by atoms with Gasteiger partial charge in [-0.25, -0.2) is 9.97 Å². The Hall–Kier alpha value is -0.404. The van der Waals surface area contributed by atoms with Crippen molar-refractivity contribution in [1.82, 2.24) is 15.0 Å². The van der Waals surface area contributed by atoms with E-state index in [1.54, 1.807) is 12.4 Å². The fraction of sp³-hybridized carbons (Fsp3) is 0.200. The minimum atomic E-state index is 0. The van der Waals surface area contributed by atoms with Crippen molar-refractivity contribution in [2.24, 2.45) is 0 Å². The monoisotopic (exact) mass is 242 g/mol. The van der Waals surface area contributed by atoms with Gasteiger partial charge >= 0.3 is 0 Å². The van der Waals surface area contributed by atoms with Crippen molar-refractivity contribution in [3.8, 4) is 11.3 Å². The summed E-state index contributed by atoms with van der Waals surface area (Å²) in [5.74, 6) is 1.33. The second-order valence-corrected chi connectivity index (χ2v) is 3.48. The van der Waals surface area contributed by atoms with Crippen molar-refractivity contribution in [2.75, 3.05) is 24.7 Å². The van der Waals surface area contributed by atoms with E-state index < -0.39 is 0 Å². The maximum absolute atomic E-state index is 5.52. The summed E-state index contributed by atoms with van der Waals surface area (Å²) in [6.45, 7) is 0. The van der Waals surface area contributed by atoms with E-state index in [0.29, 0.717) is 5.95 Å². The van der Waals surface area contributed by atoms with E-state index >= 15 is 0 Å². The molecule has 1 radical (unpaired) electrons. The number of aromatic amines is 1. The number of nitrogen functional groups attached to an aromatic ring is 1. The predicted octanol–water partition coefficient (Wildman–Crippen LogP) is 0.739. The molecule has 0 aliphatic heterocycles. The second kappa shape index (κ2) is 5.79. The van der Waals surface area contributed by atoms with Crippen LogP contribution in [-0.4, -0.2) is 80.4 Å². The number of H-pyrrole nitrogens is 1. The van der Waals surface area contributed by atoms with Gasteiger partial charge in [-0.2, -0.15) is 0 Å². The van der Waals surface area contributed by atoms with Crippen molar-refractivity contribution in [1.29, 1.82) is 0 Å². The number of anilines is 2. The van der Waals surface area contributed by atoms with Gasteiger partial charge in [0.05, 0.1) is 11.9 Å². The quantitative estimate of drug-likeness (QED) is 0.762. The Morgan fingerprint density at radius 3 is 2.62 bits per heavy atom. The van der Waals surface area contributed by atoms with Crippen molar-refractivity contribution in [2.45, 2.75) is 0 Å². The van der Waals surface area contributed by atoms with Crippen LogP contribution in [0.5, 0.6) is 0 Å². The van der Waals surface area contributed by atoms with E-state index in [2.05, 4.69) is 15.0 Å². The van der Waals surface area contributed by atoms with Crippen LogP contribution in [0, 0.1) is 0 Å². The Labute approximate surface area is 137 Å². The van der Waals surface area contributed by atoms with Crippen LogP contribution >= 0.6 is 0 Å². The maximum atomic E-state index is 5.52. The van der Waals surface area contributed by atoms with Crippen LogP contribution in [0.3, 0.4) is 0 Å². The van der Waals surface area contributed by atoms with Gasteiger partial charge in [-0.1, -0.05) is 0 Å². The molecule has 0 aromatic carbocycles. The normalized spacial score (nSPS) is 9.62. The third kappa shape index (κ3) is 3.05. The first-order valence-electron chi connectivity index (χ1n) is 4.61. The average Bonchev–Trinajstić information content (AvgIpc) is 2.65. The molecule has 0 bridgehead atoms. The minimum Gasteiger partial charge on any atom is -0.369 e. The van der Waals surface area contributed by atoms with E-state index in [-0.39, 0.29) is 51.4 Å². The van der Waals surface area contributed by atoms with Crippen molar-refractivity contribution >= 4 is 63.2 Å². The summed E-state index contributed by atoms with van der Waals surface area (Å²) in [5.41, 5.74) is 7.45. The number of nitrogens with two attached hydrogens (primary N) is 1. The Balaban J connectivity index is 0.00000128. The molecule has 0 fully saturated rings. The van der Waals surface area contributed by atoms with Crippen LogP contribution < -0.4 is 10.6 Å². The molecule has 2 aromatic rings. The Bertz CT molecular complexity index is 466. The van der Waals surface area contributed by atoms with E-state index in [9.17, 15) is 0 Å². The molecule has 2 heterocycles. The van der Waals surface area contributed by atoms with Gasteiger partial charge in [0, 0.05) is 77.2 Å². The summed E-state index contributed by atoms with van der Waals surface area (Å²) in [7, 11) is 3.90. The molecular formula is C10H13KN5. The first kappa shape index (κ1) is 13.7. The Morgan fingerprint density at radius 1 is 1.31 bits per heavy atom. The molecule has 0 atom stereocenters. The zero-order chi connectivity index (χ0) is 10.8. The molecule has 0 spiro atoms. The molecule has 0 amide bonds. The van der Waals surface area contributed by atoms with Gasteiger partial charge in [0.1, 0.15) is 5.82 Å². The van der Waals surface area contributed by atoms with Gasteiger partial charge in [-0.05, 0) is 12.1 Å². The summed E-state index contributed by atoms with van der Waals surface area (Å²) in [5, 5.41) is 0. The van der Waals surface area contributed by atoms with Gasteiger partial charge < -0.3 is 15.6 Å². The fourth-order valence-electron chi connectivity index (χ4n) is 1.31. The summed E-state index contributed by atoms with van der Waals surface area (Å²) < 4.78 is 0. The number of hydrogen-bond acceptors (Lipinski definition) is 4. The van der Waals surface area contributed by atoms with Crippen LogP contribution in [0.2, 0.25) is 0 Å². The topological polar surface area (TPSA) is 70.8 Å². The number of nitrogens with zero attached hydrogens (tertiary/aromatic N) is 3. The largest absolute Gasteiger partial charge is 0.369 e. The summed E-state index contributed by atoms with van der Waals surface area (Å²) in [6.07, 6.45) is 3.48. The molecule has 0 unspecified atom stereocenters. The van der Waals surface area contributed by atoms with Gasteiger partial charge in [-0.15, -0.1) is 0 Å². The molecular weight excluding hydrogens is 229 g/mol. The third-order valence-corrected chi connectivity index (χ3v) is 2.11. The molecule has 16 heavy (non-hydrogen) atoms. The zero-order valence-electron chi connectivity index (χ0n) is 9.73. The molecule has 5 nitrogen and oxygen atoms in total. The van der Waals surface area contributed by atoms with Gasteiger partial charge in [-0.3, -0.25) is 0 Å². The molecule has 0 saturated heterocycles. The number of rotatable bonds is 2. The van der Waals surface area contributed by atoms with Gasteiger partial charge in [0.25, 0.3) is 0 Å². The van der Waals surface area contributed by atoms with Crippen LogP contribution in [0.4, 0.5) is 11.8 Å². The summed E-state index contributed by atoms with van der Waals surface area (Å²) >= 11 is 0. The molecule has 0 aliphatic rings. The third-order valence-electron chi connectivity index (χ3n) is 2.11.